The molecule has 7 heteroatoms. The molecule has 0 aliphatic carbocycles. The van der Waals surface area contributed by atoms with E-state index in [9.17, 15) is 5.26 Å². The number of halogens is 1. The van der Waals surface area contributed by atoms with E-state index in [4.69, 9.17) is 25.7 Å². The van der Waals surface area contributed by atoms with E-state index < -0.39 is 0 Å². The van der Waals surface area contributed by atoms with Gasteiger partial charge in [-0.15, -0.1) is 11.6 Å². The average molecular weight is 485 g/mol. The molecule has 0 aliphatic rings. The molecule has 0 N–H and O–H groups in total. The molecule has 0 fully saturated rings. The van der Waals surface area contributed by atoms with Gasteiger partial charge in [-0.3, -0.25) is 4.40 Å². The van der Waals surface area contributed by atoms with Crippen LogP contribution in [0.25, 0.3) is 16.7 Å². The van der Waals surface area contributed by atoms with Crippen molar-refractivity contribution in [3.63, 3.8) is 0 Å². The molecule has 5 aromatic rings. The fourth-order valence-corrected chi connectivity index (χ4v) is 4.83. The van der Waals surface area contributed by atoms with Gasteiger partial charge in [0.05, 0.1) is 36.5 Å². The van der Waals surface area contributed by atoms with Gasteiger partial charge in [-0.05, 0) is 66.4 Å². The molecule has 3 heterocycles. The normalized spacial score (nSPS) is 11.1. The number of ether oxygens (including phenoxy) is 1. The van der Waals surface area contributed by atoms with Gasteiger partial charge in [0, 0.05) is 12.4 Å². The number of fused-ring (bicyclic) bond motifs is 3. The third-order valence-corrected chi connectivity index (χ3v) is 6.50. The summed E-state index contributed by atoms with van der Waals surface area (Å²) in [6, 6.07) is 22.3. The van der Waals surface area contributed by atoms with Crippen molar-refractivity contribution in [3.05, 3.63) is 94.9 Å². The Morgan fingerprint density at radius 3 is 2.57 bits per heavy atom. The van der Waals surface area contributed by atoms with Crippen LogP contribution in [-0.4, -0.2) is 22.4 Å². The van der Waals surface area contributed by atoms with Crippen molar-refractivity contribution in [2.75, 3.05) is 17.9 Å². The molecule has 5 rings (SSSR count). The number of hydrogen-bond acceptors (Lipinski definition) is 5. The topological polar surface area (TPSA) is 66.7 Å². The molecule has 0 saturated carbocycles. The highest BCUT2D eigenvalue weighted by Crippen LogP contribution is 2.35. The van der Waals surface area contributed by atoms with Gasteiger partial charge in [0.2, 0.25) is 0 Å². The summed E-state index contributed by atoms with van der Waals surface area (Å²) >= 11 is 6.30. The maximum absolute atomic E-state index is 10.1. The van der Waals surface area contributed by atoms with Crippen molar-refractivity contribution < 1.29 is 9.15 Å². The lowest BCUT2D eigenvalue weighted by Gasteiger charge is -2.29. The van der Waals surface area contributed by atoms with Crippen molar-refractivity contribution in [2.45, 2.75) is 26.4 Å². The molecule has 0 amide bonds. The molecule has 176 valence electrons. The molecule has 0 aliphatic heterocycles. The van der Waals surface area contributed by atoms with Crippen LogP contribution in [0, 0.1) is 18.3 Å². The molecular weight excluding hydrogens is 460 g/mol. The number of pyridine rings is 1. The zero-order chi connectivity index (χ0) is 24.4. The second-order valence-electron chi connectivity index (χ2n) is 8.40. The van der Waals surface area contributed by atoms with Crippen LogP contribution < -0.4 is 9.64 Å². The lowest BCUT2D eigenvalue weighted by atomic mass is 10.0. The molecule has 0 unspecified atom stereocenters. The first kappa shape index (κ1) is 22.8. The first-order valence-corrected chi connectivity index (χ1v) is 12.0. The minimum absolute atomic E-state index is 0.438. The Morgan fingerprint density at radius 1 is 1.09 bits per heavy atom. The molecule has 6 nitrogen and oxygen atoms in total. The van der Waals surface area contributed by atoms with E-state index in [-0.39, 0.29) is 0 Å². The van der Waals surface area contributed by atoms with Crippen molar-refractivity contribution in [1.29, 1.82) is 5.26 Å². The van der Waals surface area contributed by atoms with Crippen molar-refractivity contribution >= 4 is 34.1 Å². The van der Waals surface area contributed by atoms with Gasteiger partial charge in [0.15, 0.2) is 5.65 Å². The number of alkyl halides is 1. The molecule has 2 aromatic carbocycles. The van der Waals surface area contributed by atoms with Gasteiger partial charge in [-0.25, -0.2) is 4.98 Å². The van der Waals surface area contributed by atoms with Crippen LogP contribution in [-0.2, 0) is 19.5 Å². The summed E-state index contributed by atoms with van der Waals surface area (Å²) in [4.78, 5) is 7.13. The van der Waals surface area contributed by atoms with Crippen LogP contribution in [0.2, 0.25) is 0 Å². The van der Waals surface area contributed by atoms with E-state index in [1.54, 1.807) is 13.4 Å². The van der Waals surface area contributed by atoms with Gasteiger partial charge >= 0.3 is 0 Å². The number of furan rings is 1. The maximum atomic E-state index is 10.1. The lowest BCUT2D eigenvalue weighted by molar-refractivity contribution is 0.414. The number of hydrogen-bond donors (Lipinski definition) is 0. The van der Waals surface area contributed by atoms with Gasteiger partial charge in [-0.1, -0.05) is 24.3 Å². The van der Waals surface area contributed by atoms with Crippen molar-refractivity contribution in [3.8, 4) is 11.8 Å². The monoisotopic (exact) mass is 484 g/mol. The first-order chi connectivity index (χ1) is 17.1. The van der Waals surface area contributed by atoms with E-state index in [0.29, 0.717) is 36.6 Å². The van der Waals surface area contributed by atoms with Crippen molar-refractivity contribution in [1.82, 2.24) is 9.38 Å². The van der Waals surface area contributed by atoms with Gasteiger partial charge in [0.1, 0.15) is 23.4 Å². The number of nitrogens with zero attached hydrogens (tertiary/aromatic N) is 4. The Bertz CT molecular complexity index is 1520. The zero-order valence-electron chi connectivity index (χ0n) is 19.7. The van der Waals surface area contributed by atoms with Gasteiger partial charge in [0.25, 0.3) is 0 Å². The van der Waals surface area contributed by atoms with Crippen molar-refractivity contribution in [2.24, 2.45) is 0 Å². The largest absolute Gasteiger partial charge is 0.497 e. The minimum atomic E-state index is 0.438. The summed E-state index contributed by atoms with van der Waals surface area (Å²) in [5, 5.41) is 10.1. The van der Waals surface area contributed by atoms with E-state index in [1.807, 2.05) is 55.5 Å². The maximum Gasteiger partial charge on any atom is 0.157 e. The van der Waals surface area contributed by atoms with Crippen LogP contribution in [0.4, 0.5) is 5.82 Å². The number of aromatic nitrogens is 2. The van der Waals surface area contributed by atoms with Crippen LogP contribution in [0.5, 0.6) is 5.75 Å². The van der Waals surface area contributed by atoms with E-state index >= 15 is 0 Å². The Hall–Kier alpha value is -3.95. The second kappa shape index (κ2) is 9.73. The van der Waals surface area contributed by atoms with E-state index in [0.717, 1.165) is 45.1 Å². The van der Waals surface area contributed by atoms with Crippen LogP contribution in [0.1, 0.15) is 28.0 Å². The number of imidazole rings is 1. The summed E-state index contributed by atoms with van der Waals surface area (Å²) in [6.45, 7) is 3.15. The molecular formula is C28H25ClN4O2. The second-order valence-corrected chi connectivity index (χ2v) is 8.77. The Kier molecular flexibility index (Phi) is 6.35. The molecule has 0 atom stereocenters. The fraction of sp³-hybridized carbons (Fsp3) is 0.214. The minimum Gasteiger partial charge on any atom is -0.497 e. The first-order valence-electron chi connectivity index (χ1n) is 11.4. The van der Waals surface area contributed by atoms with Gasteiger partial charge < -0.3 is 14.1 Å². The predicted octanol–water partition coefficient (Wildman–Crippen LogP) is 6.26. The molecule has 0 bridgehead atoms. The number of nitriles is 1. The fourth-order valence-electron chi connectivity index (χ4n) is 4.64. The van der Waals surface area contributed by atoms with E-state index in [2.05, 4.69) is 27.5 Å². The third-order valence-electron chi connectivity index (χ3n) is 6.31. The summed E-state index contributed by atoms with van der Waals surface area (Å²) < 4.78 is 13.2. The summed E-state index contributed by atoms with van der Waals surface area (Å²) in [7, 11) is 1.66. The third kappa shape index (κ3) is 4.20. The number of anilines is 1. The molecule has 0 radical (unpaired) electrons. The van der Waals surface area contributed by atoms with Crippen LogP contribution in [0.3, 0.4) is 0 Å². The Balaban J connectivity index is 1.79. The molecule has 0 saturated heterocycles. The highest BCUT2D eigenvalue weighted by atomic mass is 35.5. The Morgan fingerprint density at radius 2 is 1.89 bits per heavy atom. The summed E-state index contributed by atoms with van der Waals surface area (Å²) in [5.41, 5.74) is 6.08. The standard InChI is InChI=1S/C28H25ClN4O2/c1-19-23(13-14-29)28(33-26-8-4-3-7-25(26)31-27(33)24(19)16-30)32(18-22-6-5-15-35-22)17-20-9-11-21(34-2)12-10-20/h3-12,15H,13-14,17-18H2,1-2H3. The Labute approximate surface area is 208 Å². The van der Waals surface area contributed by atoms with Gasteiger partial charge in [-0.2, -0.15) is 5.26 Å². The highest BCUT2D eigenvalue weighted by molar-refractivity contribution is 6.18. The zero-order valence-corrected chi connectivity index (χ0v) is 20.4. The number of methoxy groups -OCH3 is 1. The number of benzene rings is 2. The van der Waals surface area contributed by atoms with Crippen LogP contribution in [0.15, 0.2) is 71.3 Å². The highest BCUT2D eigenvalue weighted by Gasteiger charge is 2.25. The molecule has 35 heavy (non-hydrogen) atoms. The summed E-state index contributed by atoms with van der Waals surface area (Å²) in [6.07, 6.45) is 2.31. The van der Waals surface area contributed by atoms with E-state index in [1.165, 1.54) is 0 Å². The predicted molar refractivity (Wildman–Crippen MR) is 138 cm³/mol. The molecule has 0 spiro atoms. The SMILES string of the molecule is COc1ccc(CN(Cc2ccco2)c2c(CCCl)c(C)c(C#N)c3nc4ccccc4n23)cc1. The lowest BCUT2D eigenvalue weighted by Crippen LogP contribution is -2.26. The summed E-state index contributed by atoms with van der Waals surface area (Å²) in [5.74, 6) is 3.06. The smallest absolute Gasteiger partial charge is 0.157 e. The van der Waals surface area contributed by atoms with Crippen LogP contribution >= 0.6 is 11.6 Å². The molecule has 3 aromatic heterocycles. The number of rotatable bonds is 8. The quantitative estimate of drug-likeness (QED) is 0.243. The average Bonchev–Trinajstić information content (AvgIpc) is 3.53. The number of para-hydroxylation sites is 2.